The van der Waals surface area contributed by atoms with E-state index in [1.54, 1.807) is 12.1 Å². The van der Waals surface area contributed by atoms with Gasteiger partial charge in [0.05, 0.1) is 11.3 Å². The lowest BCUT2D eigenvalue weighted by molar-refractivity contribution is -0.385. The summed E-state index contributed by atoms with van der Waals surface area (Å²) in [7, 11) is 0. The molecule has 7 heteroatoms. The van der Waals surface area contributed by atoms with E-state index in [2.05, 4.69) is 15.3 Å². The van der Waals surface area contributed by atoms with E-state index >= 15 is 0 Å². The average molecular weight is 246 g/mol. The molecule has 7 nitrogen and oxygen atoms in total. The number of hydrogen-bond acceptors (Lipinski definition) is 5. The molecule has 0 bridgehead atoms. The Morgan fingerprint density at radius 2 is 2.11 bits per heavy atom. The summed E-state index contributed by atoms with van der Waals surface area (Å²) in [6, 6.07) is 7.23. The molecule has 0 aliphatic carbocycles. The molecule has 2 rings (SSSR count). The molecule has 0 radical (unpaired) electrons. The molecule has 0 aliphatic rings. The maximum atomic E-state index is 11.4. The first kappa shape index (κ1) is 11.8. The van der Waals surface area contributed by atoms with Crippen LogP contribution in [-0.2, 0) is 0 Å². The molecule has 0 amide bonds. The molecule has 2 N–H and O–H groups in total. The van der Waals surface area contributed by atoms with Crippen LogP contribution in [0.4, 0.5) is 17.2 Å². The number of nitrogens with one attached hydrogen (secondary N) is 2. The van der Waals surface area contributed by atoms with E-state index in [1.807, 2.05) is 19.1 Å². The van der Waals surface area contributed by atoms with Crippen LogP contribution >= 0.6 is 0 Å². The van der Waals surface area contributed by atoms with Gasteiger partial charge in [0.1, 0.15) is 0 Å². The van der Waals surface area contributed by atoms with E-state index in [0.29, 0.717) is 5.69 Å². The van der Waals surface area contributed by atoms with Gasteiger partial charge in [-0.05, 0) is 18.6 Å². The Morgan fingerprint density at radius 1 is 1.39 bits per heavy atom. The van der Waals surface area contributed by atoms with Gasteiger partial charge >= 0.3 is 11.2 Å². The topological polar surface area (TPSA) is 101 Å². The number of anilines is 2. The van der Waals surface area contributed by atoms with E-state index in [-0.39, 0.29) is 5.82 Å². The third-order valence-corrected chi connectivity index (χ3v) is 2.41. The van der Waals surface area contributed by atoms with Crippen molar-refractivity contribution >= 4 is 17.2 Å². The SMILES string of the molecule is Cc1ccccc1Nc1nc[nH]c(=O)c1[N+](=O)[O-]. The zero-order valence-electron chi connectivity index (χ0n) is 9.51. The lowest BCUT2D eigenvalue weighted by Crippen LogP contribution is -2.14. The number of aromatic nitrogens is 2. The van der Waals surface area contributed by atoms with Gasteiger partial charge in [-0.15, -0.1) is 0 Å². The molecule has 92 valence electrons. The Morgan fingerprint density at radius 3 is 2.78 bits per heavy atom. The summed E-state index contributed by atoms with van der Waals surface area (Å²) < 4.78 is 0. The van der Waals surface area contributed by atoms with Crippen molar-refractivity contribution in [1.29, 1.82) is 0 Å². The fourth-order valence-electron chi connectivity index (χ4n) is 1.49. The van der Waals surface area contributed by atoms with Crippen molar-refractivity contribution in [2.24, 2.45) is 0 Å². The number of H-pyrrole nitrogens is 1. The van der Waals surface area contributed by atoms with Gasteiger partial charge in [0, 0.05) is 5.69 Å². The van der Waals surface area contributed by atoms with Gasteiger partial charge in [0.15, 0.2) is 0 Å². The van der Waals surface area contributed by atoms with Crippen molar-refractivity contribution in [2.75, 3.05) is 5.32 Å². The molecular formula is C11H10N4O3. The number of aryl methyl sites for hydroxylation is 1. The fourth-order valence-corrected chi connectivity index (χ4v) is 1.49. The van der Waals surface area contributed by atoms with Crippen molar-refractivity contribution in [3.63, 3.8) is 0 Å². The smallest absolute Gasteiger partial charge is 0.334 e. The molecule has 18 heavy (non-hydrogen) atoms. The Bertz CT molecular complexity index is 651. The monoisotopic (exact) mass is 246 g/mol. The highest BCUT2D eigenvalue weighted by atomic mass is 16.6. The molecule has 0 unspecified atom stereocenters. The summed E-state index contributed by atoms with van der Waals surface area (Å²) in [5.41, 5.74) is 0.180. The zero-order chi connectivity index (χ0) is 13.1. The molecule has 1 heterocycles. The molecule has 0 saturated carbocycles. The number of aromatic amines is 1. The van der Waals surface area contributed by atoms with Crippen molar-refractivity contribution in [1.82, 2.24) is 9.97 Å². The van der Waals surface area contributed by atoms with Crippen molar-refractivity contribution < 1.29 is 4.92 Å². The lowest BCUT2D eigenvalue weighted by Gasteiger charge is -2.07. The highest BCUT2D eigenvalue weighted by molar-refractivity contribution is 5.66. The minimum atomic E-state index is -0.786. The van der Waals surface area contributed by atoms with Gasteiger partial charge in [-0.2, -0.15) is 0 Å². The highest BCUT2D eigenvalue weighted by Gasteiger charge is 2.20. The largest absolute Gasteiger partial charge is 0.376 e. The summed E-state index contributed by atoms with van der Waals surface area (Å²) in [6.07, 6.45) is 1.12. The number of rotatable bonds is 3. The number of nitrogens with zero attached hydrogens (tertiary/aromatic N) is 2. The van der Waals surface area contributed by atoms with Crippen LogP contribution < -0.4 is 10.9 Å². The van der Waals surface area contributed by atoms with Crippen molar-refractivity contribution in [2.45, 2.75) is 6.92 Å². The third-order valence-electron chi connectivity index (χ3n) is 2.41. The first-order valence-electron chi connectivity index (χ1n) is 5.14. The van der Waals surface area contributed by atoms with E-state index < -0.39 is 16.2 Å². The molecular weight excluding hydrogens is 236 g/mol. The number of hydrogen-bond donors (Lipinski definition) is 2. The number of benzene rings is 1. The lowest BCUT2D eigenvalue weighted by atomic mass is 10.2. The summed E-state index contributed by atoms with van der Waals surface area (Å²) in [5.74, 6) is -0.0712. The molecule has 1 aromatic heterocycles. The van der Waals surface area contributed by atoms with Gasteiger partial charge in [0.25, 0.3) is 0 Å². The number of para-hydroxylation sites is 1. The molecule has 0 atom stereocenters. The van der Waals surface area contributed by atoms with Gasteiger partial charge in [-0.3, -0.25) is 14.9 Å². The summed E-state index contributed by atoms with van der Waals surface area (Å²) in [6.45, 7) is 1.85. The first-order chi connectivity index (χ1) is 8.59. The molecule has 0 fully saturated rings. The normalized spacial score (nSPS) is 10.1. The van der Waals surface area contributed by atoms with Gasteiger partial charge in [0.2, 0.25) is 5.82 Å². The Balaban J connectivity index is 2.48. The Labute approximate surface area is 102 Å². The molecule has 0 spiro atoms. The maximum absolute atomic E-state index is 11.4. The van der Waals surface area contributed by atoms with Crippen molar-refractivity contribution in [3.05, 3.63) is 56.6 Å². The van der Waals surface area contributed by atoms with Crippen molar-refractivity contribution in [3.8, 4) is 0 Å². The van der Waals surface area contributed by atoms with Gasteiger partial charge < -0.3 is 10.3 Å². The van der Waals surface area contributed by atoms with E-state index in [4.69, 9.17) is 0 Å². The van der Waals surface area contributed by atoms with Crippen LogP contribution in [0, 0.1) is 17.0 Å². The summed E-state index contributed by atoms with van der Waals surface area (Å²) in [5, 5.41) is 13.6. The van der Waals surface area contributed by atoms with Crippen LogP contribution in [0.15, 0.2) is 35.4 Å². The third kappa shape index (κ3) is 2.19. The maximum Gasteiger partial charge on any atom is 0.376 e. The van der Waals surface area contributed by atoms with E-state index in [9.17, 15) is 14.9 Å². The standard InChI is InChI=1S/C11H10N4O3/c1-7-4-2-3-5-8(7)14-10-9(15(17)18)11(16)13-6-12-10/h2-6H,1H3,(H2,12,13,14,16). The second-order valence-electron chi connectivity index (χ2n) is 3.63. The minimum Gasteiger partial charge on any atom is -0.334 e. The van der Waals surface area contributed by atoms with Crippen LogP contribution in [0.3, 0.4) is 0 Å². The van der Waals surface area contributed by atoms with Gasteiger partial charge in [-0.25, -0.2) is 4.98 Å². The predicted octanol–water partition coefficient (Wildman–Crippen LogP) is 1.73. The quantitative estimate of drug-likeness (QED) is 0.634. The van der Waals surface area contributed by atoms with E-state index in [1.165, 1.54) is 0 Å². The minimum absolute atomic E-state index is 0.0712. The van der Waals surface area contributed by atoms with Crippen LogP contribution in [0.2, 0.25) is 0 Å². The second kappa shape index (κ2) is 4.66. The van der Waals surface area contributed by atoms with Crippen LogP contribution in [0.25, 0.3) is 0 Å². The molecule has 0 aliphatic heterocycles. The number of nitro groups is 1. The predicted molar refractivity (Wildman–Crippen MR) is 66.0 cm³/mol. The zero-order valence-corrected chi connectivity index (χ0v) is 9.51. The summed E-state index contributed by atoms with van der Waals surface area (Å²) in [4.78, 5) is 27.4. The molecule has 1 aromatic carbocycles. The molecule has 2 aromatic rings. The van der Waals surface area contributed by atoms with Gasteiger partial charge in [-0.1, -0.05) is 18.2 Å². The fraction of sp³-hybridized carbons (Fsp3) is 0.0909. The highest BCUT2D eigenvalue weighted by Crippen LogP contribution is 2.22. The summed E-state index contributed by atoms with van der Waals surface area (Å²) >= 11 is 0. The first-order valence-corrected chi connectivity index (χ1v) is 5.14. The Hall–Kier alpha value is -2.70. The van der Waals surface area contributed by atoms with Crippen LogP contribution in [0.1, 0.15) is 5.56 Å². The molecule has 0 saturated heterocycles. The second-order valence-corrected chi connectivity index (χ2v) is 3.63. The van der Waals surface area contributed by atoms with E-state index in [0.717, 1.165) is 11.9 Å². The Kier molecular flexibility index (Phi) is 3.05. The van der Waals surface area contributed by atoms with Crippen LogP contribution in [-0.4, -0.2) is 14.9 Å². The van der Waals surface area contributed by atoms with Crippen LogP contribution in [0.5, 0.6) is 0 Å². The average Bonchev–Trinajstić information content (AvgIpc) is 2.31.